The zero-order valence-electron chi connectivity index (χ0n) is 11.7. The Morgan fingerprint density at radius 2 is 1.95 bits per heavy atom. The van der Waals surface area contributed by atoms with E-state index in [4.69, 9.17) is 15.2 Å². The molecule has 19 heavy (non-hydrogen) atoms. The van der Waals surface area contributed by atoms with Crippen molar-refractivity contribution >= 4 is 0 Å². The monoisotopic (exact) mass is 265 g/mol. The second-order valence-electron chi connectivity index (χ2n) is 5.31. The van der Waals surface area contributed by atoms with Crippen LogP contribution in [-0.2, 0) is 0 Å². The van der Waals surface area contributed by atoms with Crippen LogP contribution in [-0.4, -0.2) is 31.5 Å². The van der Waals surface area contributed by atoms with E-state index in [1.54, 1.807) is 14.2 Å². The Balaban J connectivity index is 2.18. The largest absolute Gasteiger partial charge is 0.497 e. The summed E-state index contributed by atoms with van der Waals surface area (Å²) >= 11 is 0. The first kappa shape index (κ1) is 14.2. The van der Waals surface area contributed by atoms with Crippen LogP contribution in [0.25, 0.3) is 0 Å². The minimum atomic E-state index is -0.678. The summed E-state index contributed by atoms with van der Waals surface area (Å²) in [5.74, 6) is 2.14. The van der Waals surface area contributed by atoms with Gasteiger partial charge in [-0.1, -0.05) is 0 Å². The van der Waals surface area contributed by atoms with Crippen molar-refractivity contribution < 1.29 is 14.6 Å². The van der Waals surface area contributed by atoms with E-state index in [0.29, 0.717) is 12.5 Å². The standard InChI is InChI=1S/C15H23NO3/c1-18-12-3-4-14(19-2)13(9-12)11-5-7-15(17,10-16)8-6-11/h3-4,9,11,17H,5-8,10,16H2,1-2H3. The van der Waals surface area contributed by atoms with Crippen molar-refractivity contribution in [3.63, 3.8) is 0 Å². The van der Waals surface area contributed by atoms with Crippen LogP contribution >= 0.6 is 0 Å². The van der Waals surface area contributed by atoms with Crippen LogP contribution in [0.5, 0.6) is 11.5 Å². The summed E-state index contributed by atoms with van der Waals surface area (Å²) in [7, 11) is 3.35. The van der Waals surface area contributed by atoms with Gasteiger partial charge in [0.05, 0.1) is 19.8 Å². The van der Waals surface area contributed by atoms with Gasteiger partial charge < -0.3 is 20.3 Å². The summed E-state index contributed by atoms with van der Waals surface area (Å²) in [4.78, 5) is 0. The average Bonchev–Trinajstić information content (AvgIpc) is 2.47. The van der Waals surface area contributed by atoms with Crippen molar-refractivity contribution in [2.75, 3.05) is 20.8 Å². The smallest absolute Gasteiger partial charge is 0.122 e. The summed E-state index contributed by atoms with van der Waals surface area (Å²) in [6.45, 7) is 0.342. The molecule has 0 unspecified atom stereocenters. The van der Waals surface area contributed by atoms with E-state index in [-0.39, 0.29) is 0 Å². The van der Waals surface area contributed by atoms with Crippen molar-refractivity contribution in [2.24, 2.45) is 5.73 Å². The number of methoxy groups -OCH3 is 2. The molecule has 1 aromatic carbocycles. The Bertz CT molecular complexity index is 425. The molecule has 4 nitrogen and oxygen atoms in total. The quantitative estimate of drug-likeness (QED) is 0.874. The molecule has 0 amide bonds. The van der Waals surface area contributed by atoms with Crippen molar-refractivity contribution in [3.05, 3.63) is 23.8 Å². The van der Waals surface area contributed by atoms with E-state index in [9.17, 15) is 5.11 Å². The van der Waals surface area contributed by atoms with Gasteiger partial charge in [0.1, 0.15) is 11.5 Å². The van der Waals surface area contributed by atoms with Gasteiger partial charge in [0, 0.05) is 12.1 Å². The molecule has 0 radical (unpaired) electrons. The maximum absolute atomic E-state index is 10.2. The third-order valence-electron chi connectivity index (χ3n) is 4.17. The van der Waals surface area contributed by atoms with Crippen LogP contribution in [0.4, 0.5) is 0 Å². The Kier molecular flexibility index (Phi) is 4.32. The first-order valence-electron chi connectivity index (χ1n) is 6.76. The SMILES string of the molecule is COc1ccc(OC)c(C2CCC(O)(CN)CC2)c1. The van der Waals surface area contributed by atoms with Crippen molar-refractivity contribution in [3.8, 4) is 11.5 Å². The lowest BCUT2D eigenvalue weighted by Gasteiger charge is -2.35. The zero-order chi connectivity index (χ0) is 13.9. The Hall–Kier alpha value is -1.26. The average molecular weight is 265 g/mol. The minimum Gasteiger partial charge on any atom is -0.497 e. The van der Waals surface area contributed by atoms with Crippen LogP contribution in [0.15, 0.2) is 18.2 Å². The van der Waals surface area contributed by atoms with Crippen LogP contribution in [0.1, 0.15) is 37.2 Å². The molecule has 0 heterocycles. The van der Waals surface area contributed by atoms with Crippen LogP contribution in [0, 0.1) is 0 Å². The summed E-state index contributed by atoms with van der Waals surface area (Å²) in [5.41, 5.74) is 6.12. The lowest BCUT2D eigenvalue weighted by molar-refractivity contribution is 0.00747. The van der Waals surface area contributed by atoms with Crippen LogP contribution in [0.2, 0.25) is 0 Å². The highest BCUT2D eigenvalue weighted by Gasteiger charge is 2.33. The second-order valence-corrected chi connectivity index (χ2v) is 5.31. The van der Waals surface area contributed by atoms with Gasteiger partial charge in [0.15, 0.2) is 0 Å². The van der Waals surface area contributed by atoms with E-state index >= 15 is 0 Å². The molecular weight excluding hydrogens is 242 g/mol. The summed E-state index contributed by atoms with van der Waals surface area (Å²) in [5, 5.41) is 10.2. The topological polar surface area (TPSA) is 64.7 Å². The lowest BCUT2D eigenvalue weighted by Crippen LogP contribution is -2.40. The van der Waals surface area contributed by atoms with E-state index < -0.39 is 5.60 Å². The van der Waals surface area contributed by atoms with Crippen LogP contribution < -0.4 is 15.2 Å². The Morgan fingerprint density at radius 1 is 1.26 bits per heavy atom. The van der Waals surface area contributed by atoms with Gasteiger partial charge >= 0.3 is 0 Å². The highest BCUT2D eigenvalue weighted by atomic mass is 16.5. The third kappa shape index (κ3) is 3.01. The Morgan fingerprint density at radius 3 is 2.47 bits per heavy atom. The highest BCUT2D eigenvalue weighted by molar-refractivity contribution is 5.42. The predicted molar refractivity (Wildman–Crippen MR) is 74.8 cm³/mol. The molecule has 0 aliphatic heterocycles. The summed E-state index contributed by atoms with van der Waals surface area (Å²) < 4.78 is 10.7. The summed E-state index contributed by atoms with van der Waals surface area (Å²) in [6, 6.07) is 5.88. The fraction of sp³-hybridized carbons (Fsp3) is 0.600. The van der Waals surface area contributed by atoms with Gasteiger partial charge in [0.25, 0.3) is 0 Å². The second kappa shape index (κ2) is 5.80. The number of rotatable bonds is 4. The maximum Gasteiger partial charge on any atom is 0.122 e. The number of aliphatic hydroxyl groups is 1. The van der Waals surface area contributed by atoms with Crippen LogP contribution in [0.3, 0.4) is 0 Å². The Labute approximate surface area is 114 Å². The summed E-state index contributed by atoms with van der Waals surface area (Å²) in [6.07, 6.45) is 3.34. The first-order chi connectivity index (χ1) is 9.11. The minimum absolute atomic E-state index is 0.342. The molecule has 0 atom stereocenters. The van der Waals surface area contributed by atoms with Crippen molar-refractivity contribution in [1.82, 2.24) is 0 Å². The van der Waals surface area contributed by atoms with E-state index in [2.05, 4.69) is 0 Å². The van der Waals surface area contributed by atoms with E-state index in [0.717, 1.165) is 37.2 Å². The first-order valence-corrected chi connectivity index (χ1v) is 6.76. The molecule has 0 aromatic heterocycles. The van der Waals surface area contributed by atoms with E-state index in [1.807, 2.05) is 18.2 Å². The van der Waals surface area contributed by atoms with Gasteiger partial charge in [-0.05, 0) is 49.8 Å². The normalized spacial score (nSPS) is 27.1. The molecule has 3 N–H and O–H groups in total. The molecule has 0 saturated heterocycles. The number of nitrogens with two attached hydrogens (primary N) is 1. The lowest BCUT2D eigenvalue weighted by atomic mass is 9.76. The van der Waals surface area contributed by atoms with Gasteiger partial charge in [-0.25, -0.2) is 0 Å². The molecule has 0 bridgehead atoms. The molecule has 106 valence electrons. The third-order valence-corrected chi connectivity index (χ3v) is 4.17. The number of ether oxygens (including phenoxy) is 2. The van der Waals surface area contributed by atoms with Gasteiger partial charge in [-0.2, -0.15) is 0 Å². The fourth-order valence-corrected chi connectivity index (χ4v) is 2.83. The van der Waals surface area contributed by atoms with Crippen molar-refractivity contribution in [1.29, 1.82) is 0 Å². The van der Waals surface area contributed by atoms with Crippen molar-refractivity contribution in [2.45, 2.75) is 37.2 Å². The van der Waals surface area contributed by atoms with E-state index in [1.165, 1.54) is 5.56 Å². The molecular formula is C15H23NO3. The zero-order valence-corrected chi connectivity index (χ0v) is 11.7. The highest BCUT2D eigenvalue weighted by Crippen LogP contribution is 2.41. The predicted octanol–water partition coefficient (Wildman–Crippen LogP) is 2.05. The number of hydrogen-bond acceptors (Lipinski definition) is 4. The number of hydrogen-bond donors (Lipinski definition) is 2. The fourth-order valence-electron chi connectivity index (χ4n) is 2.83. The molecule has 1 fully saturated rings. The van der Waals surface area contributed by atoms with Gasteiger partial charge in [-0.3, -0.25) is 0 Å². The van der Waals surface area contributed by atoms with Gasteiger partial charge in [0.2, 0.25) is 0 Å². The molecule has 2 rings (SSSR count). The maximum atomic E-state index is 10.2. The molecule has 4 heteroatoms. The molecule has 1 aromatic rings. The molecule has 0 spiro atoms. The molecule has 1 saturated carbocycles. The molecule has 1 aliphatic carbocycles. The number of benzene rings is 1. The molecule has 1 aliphatic rings. The van der Waals surface area contributed by atoms with Gasteiger partial charge in [-0.15, -0.1) is 0 Å².